The van der Waals surface area contributed by atoms with E-state index in [-0.39, 0.29) is 24.4 Å². The van der Waals surface area contributed by atoms with E-state index in [0.717, 1.165) is 12.8 Å². The van der Waals surface area contributed by atoms with Crippen molar-refractivity contribution in [3.63, 3.8) is 0 Å². The van der Waals surface area contributed by atoms with Crippen molar-refractivity contribution in [1.82, 2.24) is 10.1 Å². The largest absolute Gasteiger partial charge is 0.360 e. The predicted molar refractivity (Wildman–Crippen MR) is 115 cm³/mol. The third-order valence-electron chi connectivity index (χ3n) is 5.11. The first-order chi connectivity index (χ1) is 13.9. The summed E-state index contributed by atoms with van der Waals surface area (Å²) in [6, 6.07) is 9.36. The maximum absolute atomic E-state index is 13.1. The average molecular weight is 400 g/mol. The second kappa shape index (κ2) is 11.4. The highest BCUT2D eigenvalue weighted by Crippen LogP contribution is 2.15. The van der Waals surface area contributed by atoms with Crippen LogP contribution in [0.1, 0.15) is 74.6 Å². The van der Waals surface area contributed by atoms with Crippen molar-refractivity contribution in [2.24, 2.45) is 0 Å². The summed E-state index contributed by atoms with van der Waals surface area (Å²) in [6.45, 7) is 7.89. The van der Waals surface area contributed by atoms with Gasteiger partial charge in [0, 0.05) is 17.7 Å². The Bertz CT molecular complexity index is 783. The number of aromatic nitrogens is 1. The van der Waals surface area contributed by atoms with E-state index in [0.29, 0.717) is 17.1 Å². The number of carbonyl (C=O) groups excluding carboxylic acids is 2. The molecule has 1 aromatic carbocycles. The minimum Gasteiger partial charge on any atom is -0.360 e. The number of anilines is 1. The number of hydrogen-bond acceptors (Lipinski definition) is 4. The van der Waals surface area contributed by atoms with E-state index in [9.17, 15) is 9.59 Å². The van der Waals surface area contributed by atoms with Crippen LogP contribution in [-0.4, -0.2) is 34.5 Å². The molecular formula is C23H33N3O3. The SMILES string of the molecule is CCCCCCc1ccc(C(=O)N(CC(=O)Nc2cc(C)on2)[C@@H](C)CC)cc1. The van der Waals surface area contributed by atoms with Crippen molar-refractivity contribution in [3.05, 3.63) is 47.2 Å². The number of benzene rings is 1. The Morgan fingerprint density at radius 1 is 1.14 bits per heavy atom. The number of unbranched alkanes of at least 4 members (excludes halogenated alkanes) is 3. The van der Waals surface area contributed by atoms with Crippen LogP contribution in [0.2, 0.25) is 0 Å². The molecule has 0 fully saturated rings. The molecule has 1 heterocycles. The Labute approximate surface area is 173 Å². The van der Waals surface area contributed by atoms with E-state index < -0.39 is 0 Å². The van der Waals surface area contributed by atoms with Gasteiger partial charge in [-0.3, -0.25) is 9.59 Å². The van der Waals surface area contributed by atoms with E-state index in [4.69, 9.17) is 4.52 Å². The van der Waals surface area contributed by atoms with Gasteiger partial charge in [-0.15, -0.1) is 0 Å². The summed E-state index contributed by atoms with van der Waals surface area (Å²) in [7, 11) is 0. The molecule has 0 bridgehead atoms. The fourth-order valence-corrected chi connectivity index (χ4v) is 3.15. The minimum atomic E-state index is -0.292. The van der Waals surface area contributed by atoms with Crippen LogP contribution in [0.3, 0.4) is 0 Å². The van der Waals surface area contributed by atoms with Gasteiger partial charge in [0.2, 0.25) is 5.91 Å². The number of aryl methyl sites for hydroxylation is 2. The van der Waals surface area contributed by atoms with Gasteiger partial charge in [-0.1, -0.05) is 50.4 Å². The summed E-state index contributed by atoms with van der Waals surface area (Å²) in [6.07, 6.45) is 6.68. The average Bonchev–Trinajstić information content (AvgIpc) is 3.13. The second-order valence-electron chi connectivity index (χ2n) is 7.57. The zero-order valence-corrected chi connectivity index (χ0v) is 18.0. The highest BCUT2D eigenvalue weighted by Gasteiger charge is 2.23. The molecule has 1 atom stereocenters. The molecule has 6 nitrogen and oxygen atoms in total. The Morgan fingerprint density at radius 2 is 1.86 bits per heavy atom. The van der Waals surface area contributed by atoms with Gasteiger partial charge in [0.25, 0.3) is 5.91 Å². The Morgan fingerprint density at radius 3 is 2.45 bits per heavy atom. The number of carbonyl (C=O) groups is 2. The highest BCUT2D eigenvalue weighted by atomic mass is 16.5. The molecule has 158 valence electrons. The van der Waals surface area contributed by atoms with E-state index >= 15 is 0 Å². The Kier molecular flexibility index (Phi) is 8.90. The van der Waals surface area contributed by atoms with Gasteiger partial charge >= 0.3 is 0 Å². The fourth-order valence-electron chi connectivity index (χ4n) is 3.15. The topological polar surface area (TPSA) is 75.4 Å². The van der Waals surface area contributed by atoms with Crippen LogP contribution in [-0.2, 0) is 11.2 Å². The summed E-state index contributed by atoms with van der Waals surface area (Å²) >= 11 is 0. The summed E-state index contributed by atoms with van der Waals surface area (Å²) in [4.78, 5) is 27.1. The standard InChI is InChI=1S/C23H33N3O3/c1-5-7-8-9-10-19-11-13-20(14-12-19)23(28)26(17(3)6-2)16-22(27)24-21-15-18(4)29-25-21/h11-15,17H,5-10,16H2,1-4H3,(H,24,25,27)/t17-/m0/s1. The summed E-state index contributed by atoms with van der Waals surface area (Å²) in [5, 5.41) is 6.45. The van der Waals surface area contributed by atoms with Crippen LogP contribution in [0.5, 0.6) is 0 Å². The molecule has 0 radical (unpaired) electrons. The molecule has 6 heteroatoms. The predicted octanol–water partition coefficient (Wildman–Crippen LogP) is 4.99. The number of rotatable bonds is 11. The zero-order chi connectivity index (χ0) is 21.2. The number of amides is 2. The zero-order valence-electron chi connectivity index (χ0n) is 18.0. The van der Waals surface area contributed by atoms with Crippen molar-refractivity contribution < 1.29 is 14.1 Å². The van der Waals surface area contributed by atoms with Gasteiger partial charge in [-0.2, -0.15) is 0 Å². The van der Waals surface area contributed by atoms with Crippen LogP contribution in [0.25, 0.3) is 0 Å². The van der Waals surface area contributed by atoms with Crippen LogP contribution < -0.4 is 5.32 Å². The Balaban J connectivity index is 2.01. The van der Waals surface area contributed by atoms with Crippen LogP contribution >= 0.6 is 0 Å². The molecule has 0 unspecified atom stereocenters. The lowest BCUT2D eigenvalue weighted by Gasteiger charge is -2.28. The van der Waals surface area contributed by atoms with Crippen molar-refractivity contribution >= 4 is 17.6 Å². The van der Waals surface area contributed by atoms with Crippen LogP contribution in [0, 0.1) is 6.92 Å². The van der Waals surface area contributed by atoms with Gasteiger partial charge < -0.3 is 14.7 Å². The van der Waals surface area contributed by atoms with Crippen molar-refractivity contribution in [2.45, 2.75) is 72.3 Å². The minimum absolute atomic E-state index is 0.0292. The summed E-state index contributed by atoms with van der Waals surface area (Å²) in [5.41, 5.74) is 1.85. The molecule has 0 saturated heterocycles. The van der Waals surface area contributed by atoms with E-state index in [1.807, 2.05) is 38.1 Å². The van der Waals surface area contributed by atoms with Crippen LogP contribution in [0.15, 0.2) is 34.9 Å². The summed E-state index contributed by atoms with van der Waals surface area (Å²) < 4.78 is 4.96. The van der Waals surface area contributed by atoms with Gasteiger partial charge in [-0.25, -0.2) is 0 Å². The number of nitrogens with one attached hydrogen (secondary N) is 1. The van der Waals surface area contributed by atoms with Gasteiger partial charge in [0.05, 0.1) is 0 Å². The third-order valence-corrected chi connectivity index (χ3v) is 5.11. The van der Waals surface area contributed by atoms with Gasteiger partial charge in [-0.05, 0) is 50.8 Å². The molecule has 2 rings (SSSR count). The first kappa shape index (κ1) is 22.7. The second-order valence-corrected chi connectivity index (χ2v) is 7.57. The number of hydrogen-bond donors (Lipinski definition) is 1. The normalized spacial score (nSPS) is 11.9. The fraction of sp³-hybridized carbons (Fsp3) is 0.522. The maximum atomic E-state index is 13.1. The highest BCUT2D eigenvalue weighted by molar-refractivity contribution is 5.99. The van der Waals surface area contributed by atoms with E-state index in [1.165, 1.54) is 31.2 Å². The quantitative estimate of drug-likeness (QED) is 0.540. The molecule has 29 heavy (non-hydrogen) atoms. The monoisotopic (exact) mass is 399 g/mol. The lowest BCUT2D eigenvalue weighted by molar-refractivity contribution is -0.117. The van der Waals surface area contributed by atoms with Crippen molar-refractivity contribution in [1.29, 1.82) is 0 Å². The molecule has 0 saturated carbocycles. The number of nitrogens with zero attached hydrogens (tertiary/aromatic N) is 2. The molecular weight excluding hydrogens is 366 g/mol. The Hall–Kier alpha value is -2.63. The lowest BCUT2D eigenvalue weighted by atomic mass is 10.0. The van der Waals surface area contributed by atoms with E-state index in [1.54, 1.807) is 17.9 Å². The van der Waals surface area contributed by atoms with Gasteiger partial charge in [0.15, 0.2) is 5.82 Å². The molecule has 1 aromatic heterocycles. The van der Waals surface area contributed by atoms with Gasteiger partial charge in [0.1, 0.15) is 12.3 Å². The van der Waals surface area contributed by atoms with E-state index in [2.05, 4.69) is 17.4 Å². The smallest absolute Gasteiger partial charge is 0.254 e. The molecule has 0 aliphatic rings. The molecule has 2 aromatic rings. The molecule has 0 aliphatic carbocycles. The third kappa shape index (κ3) is 7.04. The molecule has 2 amide bonds. The first-order valence-electron chi connectivity index (χ1n) is 10.6. The van der Waals surface area contributed by atoms with Crippen molar-refractivity contribution in [3.8, 4) is 0 Å². The summed E-state index contributed by atoms with van der Waals surface area (Å²) in [5.74, 6) is 0.546. The van der Waals surface area contributed by atoms with Crippen molar-refractivity contribution in [2.75, 3.05) is 11.9 Å². The molecule has 0 spiro atoms. The molecule has 1 N–H and O–H groups in total. The maximum Gasteiger partial charge on any atom is 0.254 e. The lowest BCUT2D eigenvalue weighted by Crippen LogP contribution is -2.43. The van der Waals surface area contributed by atoms with Crippen LogP contribution in [0.4, 0.5) is 5.82 Å². The molecule has 0 aliphatic heterocycles. The first-order valence-corrected chi connectivity index (χ1v) is 10.6.